The Labute approximate surface area is 215 Å². The summed E-state index contributed by atoms with van der Waals surface area (Å²) in [7, 11) is 0. The molecule has 2 saturated heterocycles. The lowest BCUT2D eigenvalue weighted by molar-refractivity contribution is -0.192. The summed E-state index contributed by atoms with van der Waals surface area (Å²) in [6.45, 7) is -0.411. The van der Waals surface area contributed by atoms with E-state index in [1.54, 1.807) is 41.2 Å². The first-order chi connectivity index (χ1) is 18.3. The molecule has 1 saturated carbocycles. The molecule has 0 aromatic carbocycles. The fourth-order valence-electron chi connectivity index (χ4n) is 5.04. The summed E-state index contributed by atoms with van der Waals surface area (Å²) >= 11 is 0. The average molecular weight is 553 g/mol. The Morgan fingerprint density at radius 2 is 1.92 bits per heavy atom. The van der Waals surface area contributed by atoms with Gasteiger partial charge >= 0.3 is 18.8 Å². The molecule has 7 rings (SSSR count). The number of halogens is 5. The van der Waals surface area contributed by atoms with E-state index in [-0.39, 0.29) is 22.4 Å². The van der Waals surface area contributed by atoms with Crippen molar-refractivity contribution in [3.63, 3.8) is 0 Å². The molecule has 4 aromatic rings. The Bertz CT molecular complexity index is 1570. The zero-order chi connectivity index (χ0) is 28.2. The van der Waals surface area contributed by atoms with Gasteiger partial charge in [-0.2, -0.15) is 27.1 Å². The highest BCUT2D eigenvalue weighted by molar-refractivity contribution is 6.03. The number of nitrogens with one attached hydrogen (secondary N) is 1. The van der Waals surface area contributed by atoms with Crippen LogP contribution in [0.5, 0.6) is 5.75 Å². The molecule has 3 aliphatic rings. The number of aliphatic carboxylic acids is 1. The minimum Gasteiger partial charge on any atom is -0.475 e. The minimum atomic E-state index is -5.08. The van der Waals surface area contributed by atoms with E-state index in [0.717, 1.165) is 24.1 Å². The third-order valence-electron chi connectivity index (χ3n) is 6.55. The molecule has 206 valence electrons. The first kappa shape index (κ1) is 26.3. The zero-order valence-corrected chi connectivity index (χ0v) is 20.1. The molecule has 0 spiro atoms. The van der Waals surface area contributed by atoms with Crippen LogP contribution in [0.2, 0.25) is 0 Å². The molecular formula is C24H20F5N5O5. The van der Waals surface area contributed by atoms with Crippen molar-refractivity contribution in [3.05, 3.63) is 60.3 Å². The van der Waals surface area contributed by atoms with Gasteiger partial charge in [0.1, 0.15) is 5.69 Å². The highest BCUT2D eigenvalue weighted by atomic mass is 19.4. The van der Waals surface area contributed by atoms with Gasteiger partial charge in [0.15, 0.2) is 11.4 Å². The summed E-state index contributed by atoms with van der Waals surface area (Å²) in [5, 5.41) is 14.0. The molecular weight excluding hydrogens is 533 g/mol. The van der Waals surface area contributed by atoms with Gasteiger partial charge in [0.05, 0.1) is 35.3 Å². The number of fused-ring (bicyclic) bond motifs is 3. The molecule has 3 fully saturated rings. The smallest absolute Gasteiger partial charge is 0.475 e. The number of alkyl halides is 5. The summed E-state index contributed by atoms with van der Waals surface area (Å²) in [5.41, 5.74) is 2.07. The number of carbonyl (C=O) groups excluding carboxylic acids is 1. The molecule has 39 heavy (non-hydrogen) atoms. The number of imidazole rings is 1. The van der Waals surface area contributed by atoms with Crippen molar-refractivity contribution in [2.75, 3.05) is 11.9 Å². The van der Waals surface area contributed by atoms with Gasteiger partial charge in [0.25, 0.3) is 5.91 Å². The van der Waals surface area contributed by atoms with Gasteiger partial charge in [0, 0.05) is 23.9 Å². The van der Waals surface area contributed by atoms with E-state index in [1.165, 1.54) is 10.6 Å². The monoisotopic (exact) mass is 553 g/mol. The van der Waals surface area contributed by atoms with Gasteiger partial charge in [-0.05, 0) is 38.0 Å². The van der Waals surface area contributed by atoms with Crippen LogP contribution in [-0.4, -0.2) is 61.0 Å². The third-order valence-corrected chi connectivity index (χ3v) is 6.55. The molecule has 2 N–H and O–H groups in total. The quantitative estimate of drug-likeness (QED) is 0.354. The molecule has 1 amide bonds. The van der Waals surface area contributed by atoms with Gasteiger partial charge in [0.2, 0.25) is 0 Å². The summed E-state index contributed by atoms with van der Waals surface area (Å²) in [6, 6.07) is 8.34. The lowest BCUT2D eigenvalue weighted by Gasteiger charge is -2.41. The second-order valence-corrected chi connectivity index (χ2v) is 9.54. The first-order valence-electron chi connectivity index (χ1n) is 11.4. The van der Waals surface area contributed by atoms with Crippen molar-refractivity contribution in [1.29, 1.82) is 0 Å². The maximum Gasteiger partial charge on any atom is 0.490 e. The van der Waals surface area contributed by atoms with E-state index >= 15 is 0 Å². The number of hydrogen-bond donors (Lipinski definition) is 2. The van der Waals surface area contributed by atoms with E-state index < -0.39 is 24.7 Å². The van der Waals surface area contributed by atoms with Gasteiger partial charge in [-0.25, -0.2) is 14.3 Å². The van der Waals surface area contributed by atoms with Crippen molar-refractivity contribution >= 4 is 28.7 Å². The standard InChI is InChI=1S/C22H19F2N5O3.C2HF3O2/c1-21-10-22(11-21,12-31-21)17-9-28-8-13(7-16(18(28)27-17)32-20(23)24)26-19(30)15-4-2-3-14-5-6-25-29(14)15;3-2(4,5)1(6)7/h2-9,20H,10-12H2,1H3,(H,26,30);(H,6,7). The van der Waals surface area contributed by atoms with Gasteiger partial charge < -0.3 is 24.3 Å². The molecule has 2 aliphatic heterocycles. The lowest BCUT2D eigenvalue weighted by Crippen LogP contribution is -2.45. The Morgan fingerprint density at radius 1 is 1.21 bits per heavy atom. The number of amides is 1. The van der Waals surface area contributed by atoms with Crippen LogP contribution in [0, 0.1) is 0 Å². The second kappa shape index (κ2) is 9.18. The van der Waals surface area contributed by atoms with Crippen LogP contribution < -0.4 is 10.1 Å². The number of hydrogen-bond acceptors (Lipinski definition) is 6. The van der Waals surface area contributed by atoms with Crippen LogP contribution in [-0.2, 0) is 14.9 Å². The number of anilines is 1. The maximum atomic E-state index is 13.1. The molecule has 15 heteroatoms. The Balaban J connectivity index is 0.000000392. The summed E-state index contributed by atoms with van der Waals surface area (Å²) in [4.78, 5) is 26.4. The molecule has 4 aromatic heterocycles. The molecule has 6 heterocycles. The molecule has 0 unspecified atom stereocenters. The summed E-state index contributed by atoms with van der Waals surface area (Å²) < 4.78 is 71.7. The number of pyridine rings is 2. The number of carbonyl (C=O) groups is 2. The predicted molar refractivity (Wildman–Crippen MR) is 124 cm³/mol. The number of carboxylic acid groups (broad SMARTS) is 1. The molecule has 1 aliphatic carbocycles. The van der Waals surface area contributed by atoms with E-state index in [0.29, 0.717) is 18.0 Å². The van der Waals surface area contributed by atoms with Crippen molar-refractivity contribution < 1.29 is 46.1 Å². The van der Waals surface area contributed by atoms with Gasteiger partial charge in [-0.3, -0.25) is 4.79 Å². The molecule has 2 bridgehead atoms. The Hall–Kier alpha value is -4.27. The van der Waals surface area contributed by atoms with Crippen LogP contribution in [0.3, 0.4) is 0 Å². The van der Waals surface area contributed by atoms with E-state index in [4.69, 9.17) is 19.4 Å². The zero-order valence-electron chi connectivity index (χ0n) is 20.1. The summed E-state index contributed by atoms with van der Waals surface area (Å²) in [6.07, 6.45) is 1.62. The fraction of sp³-hybridized carbons (Fsp3) is 0.333. The largest absolute Gasteiger partial charge is 0.490 e. The van der Waals surface area contributed by atoms with Crippen molar-refractivity contribution in [2.45, 2.75) is 43.6 Å². The average Bonchev–Trinajstić information content (AvgIpc) is 3.59. The number of carboxylic acids is 1. The molecule has 0 atom stereocenters. The number of aromatic nitrogens is 4. The number of rotatable bonds is 5. The molecule has 0 radical (unpaired) electrons. The number of nitrogens with zero attached hydrogens (tertiary/aromatic N) is 4. The van der Waals surface area contributed by atoms with Crippen LogP contribution in [0.15, 0.2) is 48.9 Å². The summed E-state index contributed by atoms with van der Waals surface area (Å²) in [5.74, 6) is -3.30. The third kappa shape index (κ3) is 4.96. The van der Waals surface area contributed by atoms with Crippen LogP contribution in [0.1, 0.15) is 35.9 Å². The highest BCUT2D eigenvalue weighted by Gasteiger charge is 2.61. The lowest BCUT2D eigenvalue weighted by atomic mass is 9.62. The van der Waals surface area contributed by atoms with Crippen molar-refractivity contribution in [2.24, 2.45) is 0 Å². The van der Waals surface area contributed by atoms with Crippen LogP contribution >= 0.6 is 0 Å². The SMILES string of the molecule is CC12CC(c3cn4cc(NC(=O)c5cccc6ccnn56)cc(OC(F)F)c4n3)(CO1)C2.O=C(O)C(F)(F)F. The second-order valence-electron chi connectivity index (χ2n) is 9.54. The van der Waals surface area contributed by atoms with E-state index in [1.807, 2.05) is 6.07 Å². The number of ether oxygens (including phenoxy) is 2. The van der Waals surface area contributed by atoms with Gasteiger partial charge in [-0.1, -0.05) is 6.07 Å². The maximum absolute atomic E-state index is 13.1. The minimum absolute atomic E-state index is 0.112. The van der Waals surface area contributed by atoms with Gasteiger partial charge in [-0.15, -0.1) is 0 Å². The Kier molecular flexibility index (Phi) is 6.20. The first-order valence-corrected chi connectivity index (χ1v) is 11.4. The Morgan fingerprint density at radius 3 is 2.54 bits per heavy atom. The van der Waals surface area contributed by atoms with Crippen molar-refractivity contribution in [1.82, 2.24) is 19.0 Å². The topological polar surface area (TPSA) is 119 Å². The van der Waals surface area contributed by atoms with E-state index in [2.05, 4.69) is 22.3 Å². The van der Waals surface area contributed by atoms with Crippen LogP contribution in [0.4, 0.5) is 27.6 Å². The highest BCUT2D eigenvalue weighted by Crippen LogP contribution is 2.58. The van der Waals surface area contributed by atoms with Crippen LogP contribution in [0.25, 0.3) is 11.2 Å². The fourth-order valence-corrected chi connectivity index (χ4v) is 5.04. The van der Waals surface area contributed by atoms with Crippen molar-refractivity contribution in [3.8, 4) is 5.75 Å². The normalized spacial score (nSPS) is 21.9. The van der Waals surface area contributed by atoms with E-state index in [9.17, 15) is 26.7 Å². The predicted octanol–water partition coefficient (Wildman–Crippen LogP) is 4.29. The molecule has 10 nitrogen and oxygen atoms in total.